The summed E-state index contributed by atoms with van der Waals surface area (Å²) in [5.74, 6) is 0. The van der Waals surface area contributed by atoms with Crippen molar-refractivity contribution in [2.45, 2.75) is 50.4 Å². The molecule has 0 spiro atoms. The third-order valence-electron chi connectivity index (χ3n) is 3.07. The Morgan fingerprint density at radius 2 is 1.91 bits per heavy atom. The maximum atomic E-state index is 6.11. The molecule has 1 unspecified atom stereocenters. The number of fused-ring (bicyclic) bond motifs is 3. The van der Waals surface area contributed by atoms with Crippen molar-refractivity contribution in [2.75, 3.05) is 0 Å². The van der Waals surface area contributed by atoms with E-state index in [2.05, 4.69) is 6.92 Å². The van der Waals surface area contributed by atoms with Gasteiger partial charge in [0.05, 0.1) is 12.2 Å². The van der Waals surface area contributed by atoms with E-state index in [1.54, 1.807) is 0 Å². The molecular formula is C8H16ClNO. The molecule has 2 bridgehead atoms. The highest BCUT2D eigenvalue weighted by atomic mass is 35.5. The summed E-state index contributed by atoms with van der Waals surface area (Å²) in [6, 6.07) is 0. The number of hydrogen-bond acceptors (Lipinski definition) is 2. The summed E-state index contributed by atoms with van der Waals surface area (Å²) >= 11 is 0. The van der Waals surface area contributed by atoms with Gasteiger partial charge in [-0.25, -0.2) is 0 Å². The van der Waals surface area contributed by atoms with Gasteiger partial charge in [0.1, 0.15) is 0 Å². The van der Waals surface area contributed by atoms with Crippen LogP contribution in [0.4, 0.5) is 0 Å². The van der Waals surface area contributed by atoms with E-state index >= 15 is 0 Å². The first-order valence-electron chi connectivity index (χ1n) is 4.15. The van der Waals surface area contributed by atoms with Crippen molar-refractivity contribution in [1.82, 2.24) is 0 Å². The molecule has 3 rings (SSSR count). The molecule has 66 valence electrons. The molecule has 2 saturated heterocycles. The van der Waals surface area contributed by atoms with Crippen LogP contribution in [0.3, 0.4) is 0 Å². The van der Waals surface area contributed by atoms with Crippen LogP contribution < -0.4 is 5.73 Å². The van der Waals surface area contributed by atoms with Crippen LogP contribution in [0.15, 0.2) is 0 Å². The molecule has 2 nitrogen and oxygen atoms in total. The fraction of sp³-hybridized carbons (Fsp3) is 1.00. The van der Waals surface area contributed by atoms with Crippen molar-refractivity contribution >= 4 is 12.4 Å². The first-order valence-corrected chi connectivity index (χ1v) is 4.15. The molecule has 3 heteroatoms. The zero-order valence-electron chi connectivity index (χ0n) is 6.88. The van der Waals surface area contributed by atoms with Crippen LogP contribution in [0.1, 0.15) is 32.6 Å². The highest BCUT2D eigenvalue weighted by Crippen LogP contribution is 2.38. The SMILES string of the molecule is CC1OC2CCC1(N)CC2.Cl. The van der Waals surface area contributed by atoms with Crippen molar-refractivity contribution in [3.8, 4) is 0 Å². The van der Waals surface area contributed by atoms with E-state index in [0.29, 0.717) is 12.2 Å². The lowest BCUT2D eigenvalue weighted by Gasteiger charge is -2.48. The second-order valence-electron chi connectivity index (χ2n) is 3.71. The third-order valence-corrected chi connectivity index (χ3v) is 3.07. The minimum absolute atomic E-state index is 0. The van der Waals surface area contributed by atoms with Gasteiger partial charge in [0.2, 0.25) is 0 Å². The number of nitrogens with two attached hydrogens (primary N) is 1. The highest BCUT2D eigenvalue weighted by Gasteiger charge is 2.43. The normalized spacial score (nSPS) is 48.5. The van der Waals surface area contributed by atoms with Gasteiger partial charge in [-0.05, 0) is 32.6 Å². The highest BCUT2D eigenvalue weighted by molar-refractivity contribution is 5.85. The van der Waals surface area contributed by atoms with E-state index in [1.165, 1.54) is 25.7 Å². The summed E-state index contributed by atoms with van der Waals surface area (Å²) in [7, 11) is 0. The minimum atomic E-state index is 0. The summed E-state index contributed by atoms with van der Waals surface area (Å²) in [6.07, 6.45) is 5.51. The Morgan fingerprint density at radius 3 is 2.18 bits per heavy atom. The molecule has 2 heterocycles. The zero-order chi connectivity index (χ0) is 7.19. The van der Waals surface area contributed by atoms with Gasteiger partial charge >= 0.3 is 0 Å². The lowest BCUT2D eigenvalue weighted by atomic mass is 9.75. The molecule has 3 fully saturated rings. The van der Waals surface area contributed by atoms with Crippen LogP contribution in [0.25, 0.3) is 0 Å². The Balaban J connectivity index is 0.000000605. The van der Waals surface area contributed by atoms with E-state index in [9.17, 15) is 0 Å². The molecule has 2 N–H and O–H groups in total. The summed E-state index contributed by atoms with van der Waals surface area (Å²) in [5, 5.41) is 0. The molecule has 0 aromatic rings. The largest absolute Gasteiger partial charge is 0.373 e. The van der Waals surface area contributed by atoms with Crippen LogP contribution in [-0.4, -0.2) is 17.7 Å². The molecule has 3 aliphatic rings. The average molecular weight is 178 g/mol. The van der Waals surface area contributed by atoms with Crippen molar-refractivity contribution in [1.29, 1.82) is 0 Å². The van der Waals surface area contributed by atoms with Gasteiger partial charge in [-0.1, -0.05) is 0 Å². The lowest BCUT2D eigenvalue weighted by Crippen LogP contribution is -2.59. The fourth-order valence-electron chi connectivity index (χ4n) is 2.10. The number of halogens is 1. The monoisotopic (exact) mass is 177 g/mol. The van der Waals surface area contributed by atoms with E-state index < -0.39 is 0 Å². The van der Waals surface area contributed by atoms with E-state index in [4.69, 9.17) is 10.5 Å². The molecule has 1 aliphatic carbocycles. The van der Waals surface area contributed by atoms with Gasteiger partial charge < -0.3 is 10.5 Å². The molecule has 0 aromatic heterocycles. The molecule has 0 radical (unpaired) electrons. The van der Waals surface area contributed by atoms with Crippen LogP contribution in [-0.2, 0) is 4.74 Å². The van der Waals surface area contributed by atoms with Gasteiger partial charge in [0.25, 0.3) is 0 Å². The van der Waals surface area contributed by atoms with Crippen molar-refractivity contribution < 1.29 is 4.74 Å². The Labute approximate surface area is 73.9 Å². The maximum Gasteiger partial charge on any atom is 0.0730 e. The smallest absolute Gasteiger partial charge is 0.0730 e. The molecule has 0 aromatic carbocycles. The molecule has 1 saturated carbocycles. The van der Waals surface area contributed by atoms with Gasteiger partial charge in [-0.3, -0.25) is 0 Å². The van der Waals surface area contributed by atoms with E-state index in [0.717, 1.165) is 0 Å². The second kappa shape index (κ2) is 2.92. The third kappa shape index (κ3) is 1.40. The molecule has 1 atom stereocenters. The summed E-state index contributed by atoms with van der Waals surface area (Å²) in [6.45, 7) is 2.10. The number of rotatable bonds is 0. The predicted molar refractivity (Wildman–Crippen MR) is 47.0 cm³/mol. The summed E-state index contributed by atoms with van der Waals surface area (Å²) in [5.41, 5.74) is 6.14. The standard InChI is InChI=1S/C8H15NO.ClH/c1-6-8(9)4-2-7(10-6)3-5-8;/h6-7H,2-5,9H2,1H3;1H. The number of hydrogen-bond donors (Lipinski definition) is 1. The second-order valence-corrected chi connectivity index (χ2v) is 3.71. The molecule has 11 heavy (non-hydrogen) atoms. The summed E-state index contributed by atoms with van der Waals surface area (Å²) in [4.78, 5) is 0. The summed E-state index contributed by atoms with van der Waals surface area (Å²) < 4.78 is 5.66. The van der Waals surface area contributed by atoms with Crippen LogP contribution in [0.2, 0.25) is 0 Å². The minimum Gasteiger partial charge on any atom is -0.373 e. The molecule has 0 amide bonds. The Hall–Kier alpha value is 0.210. The number of ether oxygens (including phenoxy) is 1. The van der Waals surface area contributed by atoms with Crippen LogP contribution in [0.5, 0.6) is 0 Å². The zero-order valence-corrected chi connectivity index (χ0v) is 7.69. The quantitative estimate of drug-likeness (QED) is 0.608. The first kappa shape index (κ1) is 9.30. The van der Waals surface area contributed by atoms with Crippen LogP contribution in [0, 0.1) is 0 Å². The Bertz CT molecular complexity index is 143. The maximum absolute atomic E-state index is 6.11. The topological polar surface area (TPSA) is 35.2 Å². The van der Waals surface area contributed by atoms with E-state index in [1.807, 2.05) is 0 Å². The first-order chi connectivity index (χ1) is 4.71. The van der Waals surface area contributed by atoms with Crippen molar-refractivity contribution in [2.24, 2.45) is 5.73 Å². The van der Waals surface area contributed by atoms with Gasteiger partial charge in [-0.15, -0.1) is 12.4 Å². The Kier molecular flexibility index (Phi) is 2.47. The molecular weight excluding hydrogens is 162 g/mol. The van der Waals surface area contributed by atoms with Gasteiger partial charge in [0.15, 0.2) is 0 Å². The van der Waals surface area contributed by atoms with E-state index in [-0.39, 0.29) is 17.9 Å². The molecule has 2 aliphatic heterocycles. The fourth-order valence-corrected chi connectivity index (χ4v) is 2.10. The van der Waals surface area contributed by atoms with Crippen LogP contribution >= 0.6 is 12.4 Å². The van der Waals surface area contributed by atoms with Gasteiger partial charge in [-0.2, -0.15) is 0 Å². The Morgan fingerprint density at radius 1 is 1.36 bits per heavy atom. The van der Waals surface area contributed by atoms with Gasteiger partial charge in [0, 0.05) is 5.54 Å². The van der Waals surface area contributed by atoms with Crippen molar-refractivity contribution in [3.05, 3.63) is 0 Å². The average Bonchev–Trinajstić information content (AvgIpc) is 1.92. The lowest BCUT2D eigenvalue weighted by molar-refractivity contribution is -0.127. The van der Waals surface area contributed by atoms with Crippen molar-refractivity contribution in [3.63, 3.8) is 0 Å². The predicted octanol–water partition coefficient (Wildman–Crippen LogP) is 1.47.